The number of benzene rings is 2. The van der Waals surface area contributed by atoms with Crippen LogP contribution in [0.4, 0.5) is 11.4 Å². The molecule has 7 heteroatoms. The van der Waals surface area contributed by atoms with Gasteiger partial charge in [-0.05, 0) is 17.2 Å². The normalized spacial score (nSPS) is 17.9. The van der Waals surface area contributed by atoms with Crippen LogP contribution in [-0.4, -0.2) is 16.2 Å². The number of nitrogens with one attached hydrogen (secondary N) is 3. The number of nitrogens with zero attached hydrogens (tertiary/aromatic N) is 3. The number of fused-ring (bicyclic) bond motifs is 1. The van der Waals surface area contributed by atoms with E-state index in [9.17, 15) is 5.21 Å². The lowest BCUT2D eigenvalue weighted by molar-refractivity contribution is -0.726. The highest BCUT2D eigenvalue weighted by atomic mass is 16.5. The lowest BCUT2D eigenvalue weighted by Crippen LogP contribution is -2.99. The van der Waals surface area contributed by atoms with Crippen molar-refractivity contribution in [3.8, 4) is 11.1 Å². The van der Waals surface area contributed by atoms with Crippen LogP contribution in [0.3, 0.4) is 0 Å². The molecule has 120 valence electrons. The molecule has 1 aliphatic heterocycles. The second-order valence-electron chi connectivity index (χ2n) is 5.41. The third kappa shape index (κ3) is 2.85. The van der Waals surface area contributed by atoms with Crippen molar-refractivity contribution < 1.29 is 5.17 Å². The third-order valence-corrected chi connectivity index (χ3v) is 3.79. The van der Waals surface area contributed by atoms with Crippen molar-refractivity contribution in [2.24, 2.45) is 4.99 Å². The zero-order valence-corrected chi connectivity index (χ0v) is 12.7. The van der Waals surface area contributed by atoms with Gasteiger partial charge in [-0.25, -0.2) is 0 Å². The smallest absolute Gasteiger partial charge is 0.156 e. The van der Waals surface area contributed by atoms with E-state index in [2.05, 4.69) is 25.9 Å². The fraction of sp³-hybridized carbons (Fsp3) is 0.0588. The molecular weight excluding hydrogens is 304 g/mol. The van der Waals surface area contributed by atoms with E-state index in [0.717, 1.165) is 16.7 Å². The van der Waals surface area contributed by atoms with Gasteiger partial charge >= 0.3 is 0 Å². The van der Waals surface area contributed by atoms with E-state index < -0.39 is 0 Å². The maximum absolute atomic E-state index is 12.3. The molecule has 1 aliphatic rings. The number of H-pyrrole nitrogens is 1. The molecule has 3 N–H and O–H groups in total. The van der Waals surface area contributed by atoms with Crippen molar-refractivity contribution in [1.82, 2.24) is 10.2 Å². The van der Waals surface area contributed by atoms with Gasteiger partial charge in [0.25, 0.3) is 0 Å². The Morgan fingerprint density at radius 3 is 2.79 bits per heavy atom. The number of guanidine groups is 1. The minimum atomic E-state index is -0.291. The molecule has 0 fully saturated rings. The largest absolute Gasteiger partial charge is 0.612 e. The van der Waals surface area contributed by atoms with E-state index in [1.807, 2.05) is 48.5 Å². The molecule has 0 amide bonds. The van der Waals surface area contributed by atoms with E-state index in [-0.39, 0.29) is 5.17 Å². The van der Waals surface area contributed by atoms with Crippen LogP contribution in [0.1, 0.15) is 5.56 Å². The van der Waals surface area contributed by atoms with Crippen LogP contribution in [0.15, 0.2) is 65.9 Å². The number of quaternary nitrogens is 1. The molecule has 4 rings (SSSR count). The zero-order valence-electron chi connectivity index (χ0n) is 12.7. The predicted octanol–water partition coefficient (Wildman–Crippen LogP) is 2.36. The van der Waals surface area contributed by atoms with Gasteiger partial charge in [0, 0.05) is 30.1 Å². The maximum atomic E-state index is 12.3. The van der Waals surface area contributed by atoms with Gasteiger partial charge in [0.1, 0.15) is 0 Å². The van der Waals surface area contributed by atoms with Gasteiger partial charge in [-0.1, -0.05) is 36.4 Å². The lowest BCUT2D eigenvalue weighted by Gasteiger charge is -2.35. The van der Waals surface area contributed by atoms with Crippen molar-refractivity contribution in [3.63, 3.8) is 0 Å². The van der Waals surface area contributed by atoms with Crippen molar-refractivity contribution in [1.29, 1.82) is 0 Å². The molecule has 7 nitrogen and oxygen atoms in total. The van der Waals surface area contributed by atoms with Crippen molar-refractivity contribution in [3.05, 3.63) is 77.1 Å². The molecule has 2 heterocycles. The minimum Gasteiger partial charge on any atom is -0.612 e. The van der Waals surface area contributed by atoms with Crippen LogP contribution >= 0.6 is 0 Å². The Bertz CT molecular complexity index is 860. The van der Waals surface area contributed by atoms with E-state index in [1.54, 1.807) is 12.4 Å². The zero-order chi connectivity index (χ0) is 16.4. The average molecular weight is 319 g/mol. The molecule has 0 radical (unpaired) electrons. The summed E-state index contributed by atoms with van der Waals surface area (Å²) in [4.78, 5) is 4.38. The first-order valence-corrected chi connectivity index (χ1v) is 7.54. The third-order valence-electron chi connectivity index (χ3n) is 3.79. The number of aromatic nitrogens is 2. The summed E-state index contributed by atoms with van der Waals surface area (Å²) in [5.74, 6) is 0.340. The standard InChI is InChI=1S/C17H15N6O/c24-23-16-8-13(14-10-19-20-11-14)6-7-15(16)21-17(22-23)18-9-12-4-2-1-3-5-12/h1-8,10-11,23H,9H2,(H2-,18,19,20,21,22)/q-1. The summed E-state index contributed by atoms with van der Waals surface area (Å²) in [7, 11) is 0. The highest BCUT2D eigenvalue weighted by Crippen LogP contribution is 2.28. The average Bonchev–Trinajstić information content (AvgIpc) is 3.15. The SMILES string of the molecule is [O-][NH+]1[N-]C(=NCc2ccccc2)Nc2ccc(-c3cn[nH]c3)cc21. The topological polar surface area (TPSA) is 94.7 Å². The molecule has 0 aliphatic carbocycles. The van der Waals surface area contributed by atoms with Crippen LogP contribution < -0.4 is 10.5 Å². The molecule has 1 atom stereocenters. The van der Waals surface area contributed by atoms with E-state index in [1.165, 1.54) is 0 Å². The molecule has 2 aromatic carbocycles. The number of aromatic amines is 1. The molecule has 24 heavy (non-hydrogen) atoms. The lowest BCUT2D eigenvalue weighted by atomic mass is 10.1. The summed E-state index contributed by atoms with van der Waals surface area (Å²) >= 11 is 0. The molecule has 1 unspecified atom stereocenters. The van der Waals surface area contributed by atoms with Crippen molar-refractivity contribution in [2.45, 2.75) is 6.54 Å². The van der Waals surface area contributed by atoms with Crippen LogP contribution in [0, 0.1) is 5.21 Å². The Labute approximate surface area is 138 Å². The highest BCUT2D eigenvalue weighted by molar-refractivity contribution is 6.05. The number of aliphatic imine (C=N–C) groups is 1. The second-order valence-corrected chi connectivity index (χ2v) is 5.41. The molecule has 0 saturated heterocycles. The van der Waals surface area contributed by atoms with Crippen LogP contribution in [0.2, 0.25) is 0 Å². The van der Waals surface area contributed by atoms with Gasteiger partial charge in [0.05, 0.1) is 12.2 Å². The first-order chi connectivity index (χ1) is 11.8. The molecule has 1 aromatic heterocycles. The predicted molar refractivity (Wildman–Crippen MR) is 92.6 cm³/mol. The van der Waals surface area contributed by atoms with Crippen LogP contribution in [0.25, 0.3) is 16.6 Å². The fourth-order valence-corrected chi connectivity index (χ4v) is 2.55. The fourth-order valence-electron chi connectivity index (χ4n) is 2.55. The summed E-state index contributed by atoms with van der Waals surface area (Å²) in [6.45, 7) is 0.475. The van der Waals surface area contributed by atoms with Crippen LogP contribution in [0.5, 0.6) is 0 Å². The molecule has 0 bridgehead atoms. The van der Waals surface area contributed by atoms with Gasteiger partial charge in [-0.15, -0.1) is 0 Å². The monoisotopic (exact) mass is 319 g/mol. The first kappa shape index (κ1) is 14.4. The molecule has 0 saturated carbocycles. The highest BCUT2D eigenvalue weighted by Gasteiger charge is 2.16. The van der Waals surface area contributed by atoms with E-state index in [0.29, 0.717) is 23.9 Å². The summed E-state index contributed by atoms with van der Waals surface area (Å²) in [5, 5.41) is 21.8. The number of anilines is 1. The maximum Gasteiger partial charge on any atom is 0.156 e. The first-order valence-electron chi connectivity index (χ1n) is 7.54. The Morgan fingerprint density at radius 2 is 2.00 bits per heavy atom. The number of rotatable bonds is 3. The summed E-state index contributed by atoms with van der Waals surface area (Å²) in [6.07, 6.45) is 3.50. The van der Waals surface area contributed by atoms with Gasteiger partial charge in [0.2, 0.25) is 0 Å². The van der Waals surface area contributed by atoms with Gasteiger partial charge in [0.15, 0.2) is 5.69 Å². The Balaban J connectivity index is 1.57. The second kappa shape index (κ2) is 6.15. The summed E-state index contributed by atoms with van der Waals surface area (Å²) in [5.41, 5.74) is 8.19. The van der Waals surface area contributed by atoms with Gasteiger partial charge in [-0.2, -0.15) is 10.5 Å². The minimum absolute atomic E-state index is 0.291. The van der Waals surface area contributed by atoms with Crippen molar-refractivity contribution in [2.75, 3.05) is 5.32 Å². The van der Waals surface area contributed by atoms with Gasteiger partial charge < -0.3 is 15.5 Å². The molecular formula is C17H15N6O-. The molecule has 3 aromatic rings. The summed E-state index contributed by atoms with van der Waals surface area (Å²) < 4.78 is 0. The molecule has 0 spiro atoms. The Hall–Kier alpha value is -3.16. The van der Waals surface area contributed by atoms with Gasteiger partial charge in [-0.3, -0.25) is 10.3 Å². The Morgan fingerprint density at radius 1 is 1.12 bits per heavy atom. The Kier molecular flexibility index (Phi) is 3.70. The van der Waals surface area contributed by atoms with E-state index >= 15 is 0 Å². The number of hydrogen-bond donors (Lipinski definition) is 3. The summed E-state index contributed by atoms with van der Waals surface area (Å²) in [6, 6.07) is 15.5. The van der Waals surface area contributed by atoms with E-state index in [4.69, 9.17) is 0 Å². The van der Waals surface area contributed by atoms with Crippen molar-refractivity contribution >= 4 is 17.3 Å². The quantitative estimate of drug-likeness (QED) is 0.647. The number of hydrogen-bond acceptors (Lipinski definition) is 3. The van der Waals surface area contributed by atoms with Crippen LogP contribution in [-0.2, 0) is 6.54 Å².